The highest BCUT2D eigenvalue weighted by Crippen LogP contribution is 2.19. The Bertz CT molecular complexity index is 1090. The lowest BCUT2D eigenvalue weighted by atomic mass is 10.1. The summed E-state index contributed by atoms with van der Waals surface area (Å²) in [4.78, 5) is 42.9. The third-order valence-electron chi connectivity index (χ3n) is 3.86. The van der Waals surface area contributed by atoms with Gasteiger partial charge in [-0.25, -0.2) is 14.3 Å². The Kier molecular flexibility index (Phi) is 4.63. The van der Waals surface area contributed by atoms with Gasteiger partial charge in [0.05, 0.1) is 4.92 Å². The molecule has 0 N–H and O–H groups in total. The monoisotopic (exact) mass is 369 g/mol. The number of esters is 1. The average Bonchev–Trinajstić information content (AvgIpc) is 3.04. The number of ketones is 1. The maximum atomic E-state index is 12.2. The Morgan fingerprint density at radius 3 is 2.63 bits per heavy atom. The highest BCUT2D eigenvalue weighted by atomic mass is 16.6. The van der Waals surface area contributed by atoms with E-state index in [4.69, 9.17) is 4.74 Å². The van der Waals surface area contributed by atoms with Crippen LogP contribution in [0.3, 0.4) is 0 Å². The molecule has 0 aliphatic carbocycles. The van der Waals surface area contributed by atoms with Gasteiger partial charge in [-0.2, -0.15) is 4.98 Å². The molecule has 0 saturated carbocycles. The van der Waals surface area contributed by atoms with Gasteiger partial charge in [0.25, 0.3) is 17.3 Å². The summed E-state index contributed by atoms with van der Waals surface area (Å²) in [5.74, 6) is -1.42. The second kappa shape index (κ2) is 6.90. The predicted molar refractivity (Wildman–Crippen MR) is 92.7 cm³/mol. The molecule has 10 nitrogen and oxygen atoms in total. The van der Waals surface area contributed by atoms with Crippen LogP contribution in [0.2, 0.25) is 0 Å². The molecule has 3 rings (SSSR count). The maximum Gasteiger partial charge on any atom is 0.378 e. The highest BCUT2D eigenvalue weighted by Gasteiger charge is 2.20. The number of rotatable bonds is 5. The van der Waals surface area contributed by atoms with E-state index in [-0.39, 0.29) is 22.9 Å². The molecule has 0 bridgehead atoms. The molecule has 0 aliphatic heterocycles. The molecule has 3 aromatic rings. The third-order valence-corrected chi connectivity index (χ3v) is 3.86. The van der Waals surface area contributed by atoms with E-state index in [2.05, 4.69) is 15.1 Å². The van der Waals surface area contributed by atoms with E-state index in [9.17, 15) is 19.7 Å². The number of carbonyl (C=O) groups excluding carboxylic acids is 2. The number of aryl methyl sites for hydroxylation is 3. The number of hydrogen-bond donors (Lipinski definition) is 0. The minimum Gasteiger partial charge on any atom is -0.451 e. The van der Waals surface area contributed by atoms with Crippen molar-refractivity contribution in [2.24, 2.45) is 0 Å². The number of nitro benzene ring substituents is 1. The summed E-state index contributed by atoms with van der Waals surface area (Å²) in [7, 11) is 0. The maximum absolute atomic E-state index is 12.2. The zero-order valence-corrected chi connectivity index (χ0v) is 14.8. The van der Waals surface area contributed by atoms with Gasteiger partial charge in [0, 0.05) is 28.6 Å². The summed E-state index contributed by atoms with van der Waals surface area (Å²) in [5.41, 5.74) is 1.80. The van der Waals surface area contributed by atoms with Crippen molar-refractivity contribution in [2.45, 2.75) is 20.8 Å². The second-order valence-corrected chi connectivity index (χ2v) is 5.94. The SMILES string of the molecule is Cc1cc(C)n2nc(C(=O)OCC(=O)c3ccc(C)c([N+](=O)[O-])c3)nc2n1. The van der Waals surface area contributed by atoms with Gasteiger partial charge >= 0.3 is 5.97 Å². The van der Waals surface area contributed by atoms with E-state index in [1.807, 2.05) is 0 Å². The first-order valence-corrected chi connectivity index (χ1v) is 7.92. The number of Topliss-reactive ketones (excluding diaryl/α,β-unsaturated/α-hetero) is 1. The minimum absolute atomic E-state index is 0.0798. The fraction of sp³-hybridized carbons (Fsp3) is 0.235. The summed E-state index contributed by atoms with van der Waals surface area (Å²) in [6.45, 7) is 4.57. The fourth-order valence-electron chi connectivity index (χ4n) is 2.51. The van der Waals surface area contributed by atoms with E-state index in [1.54, 1.807) is 26.8 Å². The van der Waals surface area contributed by atoms with Crippen LogP contribution in [-0.4, -0.2) is 42.9 Å². The van der Waals surface area contributed by atoms with Gasteiger partial charge in [0.2, 0.25) is 5.78 Å². The Morgan fingerprint density at radius 2 is 1.93 bits per heavy atom. The number of aromatic nitrogens is 4. The Labute approximate surface area is 153 Å². The molecule has 1 aromatic carbocycles. The normalized spacial score (nSPS) is 10.8. The van der Waals surface area contributed by atoms with Gasteiger partial charge < -0.3 is 4.74 Å². The van der Waals surface area contributed by atoms with E-state index in [0.29, 0.717) is 5.56 Å². The summed E-state index contributed by atoms with van der Waals surface area (Å²) >= 11 is 0. The largest absolute Gasteiger partial charge is 0.451 e. The molecule has 0 unspecified atom stereocenters. The number of hydrogen-bond acceptors (Lipinski definition) is 8. The molecule has 0 fully saturated rings. The molecule has 0 aliphatic rings. The van der Waals surface area contributed by atoms with Gasteiger partial charge in [-0.3, -0.25) is 14.9 Å². The van der Waals surface area contributed by atoms with Crippen molar-refractivity contribution in [1.29, 1.82) is 0 Å². The van der Waals surface area contributed by atoms with E-state index >= 15 is 0 Å². The van der Waals surface area contributed by atoms with Crippen LogP contribution in [0.1, 0.15) is 37.9 Å². The molecular weight excluding hydrogens is 354 g/mol. The van der Waals surface area contributed by atoms with Gasteiger partial charge in [-0.05, 0) is 26.8 Å². The molecule has 0 saturated heterocycles. The third kappa shape index (κ3) is 3.64. The smallest absolute Gasteiger partial charge is 0.378 e. The minimum atomic E-state index is -0.882. The number of nitro groups is 1. The predicted octanol–water partition coefficient (Wildman–Crippen LogP) is 2.00. The second-order valence-electron chi connectivity index (χ2n) is 5.94. The van der Waals surface area contributed by atoms with E-state index in [1.165, 1.54) is 16.6 Å². The van der Waals surface area contributed by atoms with Gasteiger partial charge in [0.1, 0.15) is 0 Å². The van der Waals surface area contributed by atoms with E-state index in [0.717, 1.165) is 17.5 Å². The first-order valence-electron chi connectivity index (χ1n) is 7.92. The lowest BCUT2D eigenvalue weighted by Gasteiger charge is -2.03. The van der Waals surface area contributed by atoms with Crippen molar-refractivity contribution in [1.82, 2.24) is 19.6 Å². The summed E-state index contributed by atoms with van der Waals surface area (Å²) in [5, 5.41) is 15.0. The summed E-state index contributed by atoms with van der Waals surface area (Å²) in [6, 6.07) is 5.85. The van der Waals surface area contributed by atoms with Crippen molar-refractivity contribution >= 4 is 23.2 Å². The molecule has 0 spiro atoms. The van der Waals surface area contributed by atoms with Crippen LogP contribution in [-0.2, 0) is 4.74 Å². The number of benzene rings is 1. The Hall–Kier alpha value is -3.69. The van der Waals surface area contributed by atoms with Crippen molar-refractivity contribution in [3.8, 4) is 0 Å². The van der Waals surface area contributed by atoms with Crippen LogP contribution >= 0.6 is 0 Å². The first kappa shape index (κ1) is 18.1. The van der Waals surface area contributed by atoms with Crippen LogP contribution in [0, 0.1) is 30.9 Å². The Balaban J connectivity index is 1.74. The van der Waals surface area contributed by atoms with E-state index < -0.39 is 23.3 Å². The quantitative estimate of drug-likeness (QED) is 0.289. The van der Waals surface area contributed by atoms with Crippen LogP contribution in [0.15, 0.2) is 24.3 Å². The topological polar surface area (TPSA) is 130 Å². The molecule has 2 heterocycles. The van der Waals surface area contributed by atoms with Crippen LogP contribution in [0.5, 0.6) is 0 Å². The molecule has 0 radical (unpaired) electrons. The van der Waals surface area contributed by atoms with Gasteiger partial charge in [0.15, 0.2) is 6.61 Å². The lowest BCUT2D eigenvalue weighted by Crippen LogP contribution is -2.15. The van der Waals surface area contributed by atoms with Gasteiger partial charge in [-0.15, -0.1) is 5.10 Å². The van der Waals surface area contributed by atoms with Crippen molar-refractivity contribution in [2.75, 3.05) is 6.61 Å². The van der Waals surface area contributed by atoms with Crippen LogP contribution < -0.4 is 0 Å². The number of carbonyl (C=O) groups is 2. The average molecular weight is 369 g/mol. The zero-order valence-electron chi connectivity index (χ0n) is 14.8. The molecule has 138 valence electrons. The van der Waals surface area contributed by atoms with Crippen molar-refractivity contribution < 1.29 is 19.2 Å². The lowest BCUT2D eigenvalue weighted by molar-refractivity contribution is -0.385. The first-order chi connectivity index (χ1) is 12.8. The number of nitrogens with zero attached hydrogens (tertiary/aromatic N) is 5. The standard InChI is InChI=1S/C17H15N5O5/c1-9-4-5-12(7-13(9)22(25)26)14(23)8-27-16(24)15-19-17-18-10(2)6-11(3)21(17)20-15/h4-7H,8H2,1-3H3. The molecule has 0 atom stereocenters. The number of fused-ring (bicyclic) bond motifs is 1. The van der Waals surface area contributed by atoms with Crippen molar-refractivity contribution in [3.05, 3.63) is 62.7 Å². The van der Waals surface area contributed by atoms with Crippen molar-refractivity contribution in [3.63, 3.8) is 0 Å². The number of ether oxygens (including phenoxy) is 1. The molecule has 10 heteroatoms. The molecular formula is C17H15N5O5. The molecule has 2 aromatic heterocycles. The summed E-state index contributed by atoms with van der Waals surface area (Å²) in [6.07, 6.45) is 0. The van der Waals surface area contributed by atoms with Crippen LogP contribution in [0.25, 0.3) is 5.78 Å². The molecule has 0 amide bonds. The highest BCUT2D eigenvalue weighted by molar-refractivity contribution is 5.99. The zero-order chi connectivity index (χ0) is 19.7. The fourth-order valence-corrected chi connectivity index (χ4v) is 2.51. The summed E-state index contributed by atoms with van der Waals surface area (Å²) < 4.78 is 6.35. The van der Waals surface area contributed by atoms with Crippen LogP contribution in [0.4, 0.5) is 5.69 Å². The van der Waals surface area contributed by atoms with Gasteiger partial charge in [-0.1, -0.05) is 12.1 Å². The molecule has 27 heavy (non-hydrogen) atoms. The Morgan fingerprint density at radius 1 is 1.19 bits per heavy atom.